The van der Waals surface area contributed by atoms with Crippen molar-refractivity contribution in [2.75, 3.05) is 33.4 Å². The summed E-state index contributed by atoms with van der Waals surface area (Å²) in [4.78, 5) is 2.16. The maximum Gasteiger partial charge on any atom is 0.0632 e. The fourth-order valence-electron chi connectivity index (χ4n) is 6.57. The highest BCUT2D eigenvalue weighted by Crippen LogP contribution is 2.61. The molecule has 27 heavy (non-hydrogen) atoms. The van der Waals surface area contributed by atoms with E-state index < -0.39 is 0 Å². The maximum absolute atomic E-state index is 9.06. The number of nitrogens with zero attached hydrogens (tertiary/aromatic N) is 1. The molecule has 0 aliphatic heterocycles. The number of aliphatic hydroxyl groups is 1. The first-order valence-corrected chi connectivity index (χ1v) is 11.0. The summed E-state index contributed by atoms with van der Waals surface area (Å²) in [6.07, 6.45) is 8.27. The topological polar surface area (TPSA) is 32.7 Å². The van der Waals surface area contributed by atoms with E-state index in [1.54, 1.807) is 11.1 Å². The molecule has 0 radical (unpaired) electrons. The number of aliphatic hydroxyl groups excluding tert-OH is 1. The summed E-state index contributed by atoms with van der Waals surface area (Å²) < 4.78 is 6.43. The molecule has 3 aliphatic carbocycles. The van der Waals surface area contributed by atoms with Crippen LogP contribution in [0.5, 0.6) is 0 Å². The molecule has 150 valence electrons. The number of benzene rings is 1. The quantitative estimate of drug-likeness (QED) is 0.815. The normalized spacial score (nSPS) is 35.0. The predicted molar refractivity (Wildman–Crippen MR) is 110 cm³/mol. The summed E-state index contributed by atoms with van der Waals surface area (Å²) in [7, 11) is 2.06. The molecule has 1 aromatic carbocycles. The third-order valence-electron chi connectivity index (χ3n) is 8.07. The molecule has 5 atom stereocenters. The van der Waals surface area contributed by atoms with Crippen molar-refractivity contribution in [3.8, 4) is 0 Å². The van der Waals surface area contributed by atoms with Crippen LogP contribution in [0.25, 0.3) is 0 Å². The van der Waals surface area contributed by atoms with Crippen LogP contribution in [0, 0.1) is 24.2 Å². The average molecular weight is 372 g/mol. The highest BCUT2D eigenvalue weighted by Gasteiger charge is 2.55. The standard InChI is InChI=1S/C24H37NO2/c1-17-4-6-19-18(16-17)5-7-21-20(19)10-11-24(2)22(21)8-9-23(24)27-15-13-25(3)12-14-26/h4,6,16,20-23,26H,5,7-15H2,1-3H3/t20?,21?,22?,23-,24-/m0/s1. The summed E-state index contributed by atoms with van der Waals surface area (Å²) in [5.74, 6) is 2.46. The second-order valence-electron chi connectivity index (χ2n) is 9.63. The first-order valence-electron chi connectivity index (χ1n) is 11.0. The van der Waals surface area contributed by atoms with Gasteiger partial charge in [0.2, 0.25) is 0 Å². The lowest BCUT2D eigenvalue weighted by atomic mass is 9.55. The Bertz CT molecular complexity index is 660. The van der Waals surface area contributed by atoms with Gasteiger partial charge in [-0.3, -0.25) is 0 Å². The molecule has 0 bridgehead atoms. The van der Waals surface area contributed by atoms with E-state index in [0.717, 1.165) is 37.5 Å². The van der Waals surface area contributed by atoms with Crippen molar-refractivity contribution in [3.63, 3.8) is 0 Å². The number of ether oxygens (including phenoxy) is 1. The van der Waals surface area contributed by atoms with E-state index in [0.29, 0.717) is 11.5 Å². The van der Waals surface area contributed by atoms with E-state index >= 15 is 0 Å². The largest absolute Gasteiger partial charge is 0.395 e. The molecule has 0 spiro atoms. The SMILES string of the molecule is Cc1ccc2c(c1)CCC1C2CC[C@@]2(C)C1CC[C@@H]2OCCN(C)CCO. The van der Waals surface area contributed by atoms with Gasteiger partial charge in [-0.2, -0.15) is 0 Å². The molecule has 4 rings (SSSR count). The van der Waals surface area contributed by atoms with Crippen molar-refractivity contribution >= 4 is 0 Å². The van der Waals surface area contributed by atoms with E-state index in [9.17, 15) is 0 Å². The Labute approximate surface area is 165 Å². The van der Waals surface area contributed by atoms with Crippen molar-refractivity contribution < 1.29 is 9.84 Å². The lowest BCUT2D eigenvalue weighted by molar-refractivity contribution is -0.0671. The maximum atomic E-state index is 9.06. The minimum Gasteiger partial charge on any atom is -0.395 e. The third-order valence-corrected chi connectivity index (χ3v) is 8.07. The van der Waals surface area contributed by atoms with Crippen LogP contribution in [0.15, 0.2) is 18.2 Å². The van der Waals surface area contributed by atoms with Gasteiger partial charge in [-0.25, -0.2) is 0 Å². The zero-order valence-electron chi connectivity index (χ0n) is 17.4. The molecule has 2 fully saturated rings. The first kappa shape index (κ1) is 19.4. The lowest BCUT2D eigenvalue weighted by Gasteiger charge is -2.50. The first-order chi connectivity index (χ1) is 13.0. The van der Waals surface area contributed by atoms with Crippen LogP contribution < -0.4 is 0 Å². The van der Waals surface area contributed by atoms with Gasteiger partial charge in [-0.15, -0.1) is 0 Å². The Balaban J connectivity index is 1.43. The van der Waals surface area contributed by atoms with E-state index in [1.807, 2.05) is 0 Å². The minimum atomic E-state index is 0.226. The zero-order chi connectivity index (χ0) is 19.0. The molecule has 0 heterocycles. The van der Waals surface area contributed by atoms with Gasteiger partial charge < -0.3 is 14.7 Å². The van der Waals surface area contributed by atoms with Gasteiger partial charge in [0.25, 0.3) is 0 Å². The summed E-state index contributed by atoms with van der Waals surface area (Å²) in [6, 6.07) is 7.19. The highest BCUT2D eigenvalue weighted by atomic mass is 16.5. The summed E-state index contributed by atoms with van der Waals surface area (Å²) in [5.41, 5.74) is 5.05. The van der Waals surface area contributed by atoms with Crippen LogP contribution in [-0.4, -0.2) is 49.5 Å². The smallest absolute Gasteiger partial charge is 0.0632 e. The van der Waals surface area contributed by atoms with Gasteiger partial charge in [0.05, 0.1) is 19.3 Å². The molecule has 2 saturated carbocycles. The van der Waals surface area contributed by atoms with Crippen molar-refractivity contribution in [1.29, 1.82) is 0 Å². The van der Waals surface area contributed by atoms with Crippen molar-refractivity contribution in [1.82, 2.24) is 4.90 Å². The molecule has 0 amide bonds. The van der Waals surface area contributed by atoms with Crippen LogP contribution >= 0.6 is 0 Å². The number of aryl methyl sites for hydroxylation is 2. The van der Waals surface area contributed by atoms with Gasteiger partial charge >= 0.3 is 0 Å². The van der Waals surface area contributed by atoms with E-state index in [4.69, 9.17) is 9.84 Å². The number of likely N-dealkylation sites (N-methyl/N-ethyl adjacent to an activating group) is 1. The second-order valence-corrected chi connectivity index (χ2v) is 9.63. The van der Waals surface area contributed by atoms with Gasteiger partial charge in [0.1, 0.15) is 0 Å². The number of rotatable bonds is 6. The molecule has 0 saturated heterocycles. The number of hydrogen-bond donors (Lipinski definition) is 1. The Morgan fingerprint density at radius 1 is 1.19 bits per heavy atom. The molecule has 1 aromatic rings. The van der Waals surface area contributed by atoms with E-state index in [-0.39, 0.29) is 6.61 Å². The van der Waals surface area contributed by atoms with Crippen molar-refractivity contribution in [2.45, 2.75) is 64.4 Å². The van der Waals surface area contributed by atoms with Gasteiger partial charge in [-0.05, 0) is 86.8 Å². The predicted octanol–water partition coefficient (Wildman–Crippen LogP) is 4.16. The molecule has 3 aliphatic rings. The van der Waals surface area contributed by atoms with Crippen molar-refractivity contribution in [2.24, 2.45) is 17.3 Å². The molecule has 3 unspecified atom stereocenters. The second kappa shape index (κ2) is 7.85. The molecule has 3 nitrogen and oxygen atoms in total. The van der Waals surface area contributed by atoms with Crippen LogP contribution in [0.2, 0.25) is 0 Å². The zero-order valence-corrected chi connectivity index (χ0v) is 17.4. The Hall–Kier alpha value is -0.900. The summed E-state index contributed by atoms with van der Waals surface area (Å²) in [6.45, 7) is 7.41. The summed E-state index contributed by atoms with van der Waals surface area (Å²) >= 11 is 0. The van der Waals surface area contributed by atoms with Crippen LogP contribution in [-0.2, 0) is 11.2 Å². The highest BCUT2D eigenvalue weighted by molar-refractivity contribution is 5.37. The fraction of sp³-hybridized carbons (Fsp3) is 0.750. The molecular formula is C24H37NO2. The van der Waals surface area contributed by atoms with Crippen LogP contribution in [0.3, 0.4) is 0 Å². The lowest BCUT2D eigenvalue weighted by Crippen LogP contribution is -2.45. The Kier molecular flexibility index (Phi) is 5.64. The van der Waals surface area contributed by atoms with Gasteiger partial charge in [0, 0.05) is 13.1 Å². The van der Waals surface area contributed by atoms with E-state index in [1.165, 1.54) is 44.1 Å². The third kappa shape index (κ3) is 3.59. The minimum absolute atomic E-state index is 0.226. The van der Waals surface area contributed by atoms with Crippen molar-refractivity contribution in [3.05, 3.63) is 34.9 Å². The molecular weight excluding hydrogens is 334 g/mol. The molecule has 3 heteroatoms. The van der Waals surface area contributed by atoms with Gasteiger partial charge in [-0.1, -0.05) is 30.7 Å². The van der Waals surface area contributed by atoms with Crippen LogP contribution in [0.4, 0.5) is 0 Å². The van der Waals surface area contributed by atoms with Gasteiger partial charge in [0.15, 0.2) is 0 Å². The van der Waals surface area contributed by atoms with Crippen LogP contribution in [0.1, 0.15) is 61.6 Å². The molecule has 0 aromatic heterocycles. The number of fused-ring (bicyclic) bond motifs is 5. The summed E-state index contributed by atoms with van der Waals surface area (Å²) in [5, 5.41) is 9.06. The Morgan fingerprint density at radius 3 is 2.85 bits per heavy atom. The monoisotopic (exact) mass is 371 g/mol. The molecule has 1 N–H and O–H groups in total. The fourth-order valence-corrected chi connectivity index (χ4v) is 6.57. The average Bonchev–Trinajstić information content (AvgIpc) is 2.98. The number of hydrogen-bond acceptors (Lipinski definition) is 3. The van der Waals surface area contributed by atoms with E-state index in [2.05, 4.69) is 44.0 Å². The Morgan fingerprint density at radius 2 is 2.04 bits per heavy atom.